The van der Waals surface area contributed by atoms with Crippen LogP contribution in [0, 0.1) is 0 Å². The molecule has 0 spiro atoms. The van der Waals surface area contributed by atoms with Gasteiger partial charge in [-0.3, -0.25) is 4.90 Å². The smallest absolute Gasteiger partial charge is 0.134 e. The number of phenols is 1. The number of carboxylic acid groups (broad SMARTS) is 1. The minimum absolute atomic E-state index is 0.285. The van der Waals surface area contributed by atoms with Crippen molar-refractivity contribution in [2.24, 2.45) is 0 Å². The van der Waals surface area contributed by atoms with Crippen molar-refractivity contribution in [3.63, 3.8) is 0 Å². The van der Waals surface area contributed by atoms with E-state index in [1.165, 1.54) is 0 Å². The van der Waals surface area contributed by atoms with Gasteiger partial charge < -0.3 is 15.0 Å². The summed E-state index contributed by atoms with van der Waals surface area (Å²) < 4.78 is 0. The van der Waals surface area contributed by atoms with Crippen LogP contribution in [0.25, 0.3) is 6.08 Å². The van der Waals surface area contributed by atoms with E-state index in [1.807, 2.05) is 12.1 Å². The molecule has 0 aromatic heterocycles. The molecule has 0 aliphatic rings. The van der Waals surface area contributed by atoms with E-state index in [-0.39, 0.29) is 5.75 Å². The first kappa shape index (κ1) is 22.8. The molecular formula is C17H27ClNO3-. The lowest BCUT2D eigenvalue weighted by Gasteiger charge is -2.28. The number of phenolic OH excluding ortho intramolecular Hbond substituents is 1. The fraction of sp³-hybridized carbons (Fsp3) is 0.471. The molecule has 0 aliphatic carbocycles. The van der Waals surface area contributed by atoms with Gasteiger partial charge in [0.15, 0.2) is 0 Å². The number of para-hydroxylation sites is 1. The van der Waals surface area contributed by atoms with Gasteiger partial charge in [0, 0.05) is 17.6 Å². The highest BCUT2D eigenvalue weighted by Gasteiger charge is 2.08. The fourth-order valence-electron chi connectivity index (χ4n) is 1.99. The summed E-state index contributed by atoms with van der Waals surface area (Å²) in [5.74, 6) is 0.285. The van der Waals surface area contributed by atoms with Crippen molar-refractivity contribution in [2.45, 2.75) is 46.7 Å². The van der Waals surface area contributed by atoms with Crippen molar-refractivity contribution in [1.29, 1.82) is 0 Å². The van der Waals surface area contributed by atoms with Crippen molar-refractivity contribution in [3.05, 3.63) is 36.4 Å². The second kappa shape index (κ2) is 13.2. The second-order valence-electron chi connectivity index (χ2n) is 5.02. The van der Waals surface area contributed by atoms with Crippen molar-refractivity contribution in [3.8, 4) is 5.75 Å². The maximum absolute atomic E-state index is 9.04. The molecule has 0 fully saturated rings. The van der Waals surface area contributed by atoms with E-state index in [1.54, 1.807) is 18.2 Å². The third-order valence-electron chi connectivity index (χ3n) is 2.85. The largest absolute Gasteiger partial charge is 0.534 e. The van der Waals surface area contributed by atoms with Crippen LogP contribution in [0.15, 0.2) is 30.8 Å². The number of hydrogen-bond donors (Lipinski definition) is 1. The Morgan fingerprint density at radius 2 is 1.73 bits per heavy atom. The first-order chi connectivity index (χ1) is 10.2. The summed E-state index contributed by atoms with van der Waals surface area (Å²) >= 11 is 4.08. The molecule has 4 nitrogen and oxygen atoms in total. The van der Waals surface area contributed by atoms with Crippen LogP contribution >= 0.6 is 11.6 Å². The van der Waals surface area contributed by atoms with Gasteiger partial charge in [-0.2, -0.15) is 0 Å². The summed E-state index contributed by atoms with van der Waals surface area (Å²) in [6.45, 7) is 15.9. The van der Waals surface area contributed by atoms with E-state index >= 15 is 0 Å². The number of carbonyl (C=O) groups is 1. The highest BCUT2D eigenvalue weighted by molar-refractivity contribution is 6.59. The second-order valence-corrected chi connectivity index (χ2v) is 5.33. The van der Waals surface area contributed by atoms with E-state index in [4.69, 9.17) is 15.0 Å². The Labute approximate surface area is 139 Å². The minimum Gasteiger partial charge on any atom is -0.534 e. The fourth-order valence-corrected chi connectivity index (χ4v) is 1.99. The maximum Gasteiger partial charge on any atom is 0.134 e. The average molecular weight is 329 g/mol. The molecule has 1 rings (SSSR count). The summed E-state index contributed by atoms with van der Waals surface area (Å²) in [5, 5.41) is 17.7. The van der Waals surface area contributed by atoms with Crippen LogP contribution in [-0.4, -0.2) is 34.1 Å². The van der Waals surface area contributed by atoms with Gasteiger partial charge in [-0.1, -0.05) is 49.4 Å². The number of halogens is 1. The Hall–Kier alpha value is -1.52. The van der Waals surface area contributed by atoms with Crippen LogP contribution in [0.5, 0.6) is 5.75 Å². The Bertz CT molecular complexity index is 422. The summed E-state index contributed by atoms with van der Waals surface area (Å²) in [7, 11) is 0. The number of nitrogens with zero attached hydrogens (tertiary/aromatic N) is 1. The highest BCUT2D eigenvalue weighted by atomic mass is 35.5. The molecule has 0 aliphatic heterocycles. The Morgan fingerprint density at radius 3 is 1.91 bits per heavy atom. The van der Waals surface area contributed by atoms with Crippen LogP contribution in [-0.2, 0) is 0 Å². The van der Waals surface area contributed by atoms with Gasteiger partial charge in [-0.05, 0) is 40.3 Å². The molecule has 0 bridgehead atoms. The molecule has 0 radical (unpaired) electrons. The molecule has 5 heteroatoms. The van der Waals surface area contributed by atoms with Gasteiger partial charge in [-0.25, -0.2) is 0 Å². The van der Waals surface area contributed by atoms with E-state index in [9.17, 15) is 0 Å². The molecule has 0 unspecified atom stereocenters. The van der Waals surface area contributed by atoms with Crippen molar-refractivity contribution in [2.75, 3.05) is 6.54 Å². The SMILES string of the molecule is C=Cc1ccccc1O.CCN(C(C)C)C(C)C.O=C([O-])Cl. The van der Waals surface area contributed by atoms with Gasteiger partial charge in [0.2, 0.25) is 0 Å². The summed E-state index contributed by atoms with van der Waals surface area (Å²) in [6, 6.07) is 8.46. The maximum atomic E-state index is 9.04. The van der Waals surface area contributed by atoms with Gasteiger partial charge in [0.25, 0.3) is 0 Å². The normalized spacial score (nSPS) is 9.68. The van der Waals surface area contributed by atoms with E-state index in [2.05, 4.69) is 57.7 Å². The Morgan fingerprint density at radius 1 is 1.32 bits per heavy atom. The lowest BCUT2D eigenvalue weighted by molar-refractivity contribution is -0.233. The zero-order valence-electron chi connectivity index (χ0n) is 14.0. The van der Waals surface area contributed by atoms with Gasteiger partial charge in [0.05, 0.1) is 0 Å². The number of benzene rings is 1. The number of aromatic hydroxyl groups is 1. The van der Waals surface area contributed by atoms with E-state index in [0.717, 1.165) is 12.1 Å². The third-order valence-corrected chi connectivity index (χ3v) is 2.85. The van der Waals surface area contributed by atoms with Gasteiger partial charge in [-0.15, -0.1) is 0 Å². The first-order valence-electron chi connectivity index (χ1n) is 7.19. The third kappa shape index (κ3) is 12.2. The topological polar surface area (TPSA) is 63.6 Å². The van der Waals surface area contributed by atoms with E-state index < -0.39 is 5.43 Å². The van der Waals surface area contributed by atoms with Crippen LogP contribution in [0.1, 0.15) is 40.2 Å². The lowest BCUT2D eigenvalue weighted by Crippen LogP contribution is -2.36. The standard InChI is InChI=1S/C8H19N.C8H8O.CHClO2/c1-6-9(7(2)3)8(4)5;1-2-7-5-3-4-6-8(7)9;2-1(3)4/h7-8H,6H2,1-5H3;2-6,9H,1H2;(H,3,4)/p-1. The molecule has 0 saturated carbocycles. The van der Waals surface area contributed by atoms with Crippen LogP contribution in [0.3, 0.4) is 0 Å². The molecular weight excluding hydrogens is 302 g/mol. The first-order valence-corrected chi connectivity index (χ1v) is 7.57. The zero-order valence-corrected chi connectivity index (χ0v) is 14.8. The molecule has 126 valence electrons. The van der Waals surface area contributed by atoms with Crippen LogP contribution < -0.4 is 5.11 Å². The number of rotatable bonds is 4. The molecule has 0 atom stereocenters. The predicted octanol–water partition coefficient (Wildman–Crippen LogP) is 3.73. The molecule has 0 amide bonds. The van der Waals surface area contributed by atoms with Crippen molar-refractivity contribution < 1.29 is 15.0 Å². The van der Waals surface area contributed by atoms with Crippen LogP contribution in [0.4, 0.5) is 4.79 Å². The lowest BCUT2D eigenvalue weighted by atomic mass is 10.2. The summed E-state index contributed by atoms with van der Waals surface area (Å²) in [6.07, 6.45) is 1.62. The highest BCUT2D eigenvalue weighted by Crippen LogP contribution is 2.15. The molecule has 1 N–H and O–H groups in total. The quantitative estimate of drug-likeness (QED) is 0.855. The minimum atomic E-state index is -1.61. The Balaban J connectivity index is 0. The molecule has 22 heavy (non-hydrogen) atoms. The monoisotopic (exact) mass is 328 g/mol. The average Bonchev–Trinajstić information content (AvgIpc) is 2.39. The molecule has 1 aromatic rings. The van der Waals surface area contributed by atoms with Crippen LogP contribution in [0.2, 0.25) is 0 Å². The van der Waals surface area contributed by atoms with Crippen molar-refractivity contribution >= 4 is 23.1 Å². The zero-order chi connectivity index (χ0) is 17.7. The predicted molar refractivity (Wildman–Crippen MR) is 92.1 cm³/mol. The molecule has 0 saturated heterocycles. The van der Waals surface area contributed by atoms with Gasteiger partial charge >= 0.3 is 0 Å². The summed E-state index contributed by atoms with van der Waals surface area (Å²) in [4.78, 5) is 11.1. The van der Waals surface area contributed by atoms with Crippen molar-refractivity contribution in [1.82, 2.24) is 4.90 Å². The van der Waals surface area contributed by atoms with Gasteiger partial charge in [0.1, 0.15) is 11.2 Å². The molecule has 1 aromatic carbocycles. The van der Waals surface area contributed by atoms with E-state index in [0.29, 0.717) is 12.1 Å². The molecule has 0 heterocycles. The summed E-state index contributed by atoms with van der Waals surface area (Å²) in [5.41, 5.74) is -0.836. The number of hydrogen-bond acceptors (Lipinski definition) is 4. The number of carbonyl (C=O) groups excluding carboxylic acids is 1. The Kier molecular flexibility index (Phi) is 13.6.